The molecule has 0 saturated carbocycles. The van der Waals surface area contributed by atoms with E-state index in [-0.39, 0.29) is 12.7 Å². The summed E-state index contributed by atoms with van der Waals surface area (Å²) in [6, 6.07) is 7.84. The highest BCUT2D eigenvalue weighted by Gasteiger charge is 2.17. The number of thiophene rings is 1. The van der Waals surface area contributed by atoms with E-state index in [2.05, 4.69) is 16.5 Å². The van der Waals surface area contributed by atoms with Gasteiger partial charge < -0.3 is 14.0 Å². The van der Waals surface area contributed by atoms with E-state index in [1.807, 2.05) is 29.6 Å². The monoisotopic (exact) mass is 372 g/mol. The third-order valence-electron chi connectivity index (χ3n) is 3.76. The molecular formula is C18H16N2O3S2. The van der Waals surface area contributed by atoms with E-state index in [1.165, 1.54) is 17.4 Å². The molecule has 0 aliphatic carbocycles. The van der Waals surface area contributed by atoms with Crippen LogP contribution >= 0.6 is 22.7 Å². The highest BCUT2D eigenvalue weighted by Crippen LogP contribution is 2.37. The fourth-order valence-corrected chi connectivity index (χ4v) is 4.35. The second-order valence-corrected chi connectivity index (χ2v) is 7.50. The van der Waals surface area contributed by atoms with Crippen LogP contribution in [0.25, 0.3) is 16.3 Å². The molecule has 5 nitrogen and oxygen atoms in total. The maximum atomic E-state index is 12.2. The highest BCUT2D eigenvalue weighted by atomic mass is 32.1. The number of amides is 1. The van der Waals surface area contributed by atoms with Crippen LogP contribution in [-0.2, 0) is 11.3 Å². The fraction of sp³-hybridized carbons (Fsp3) is 0.222. The number of aryl methyl sites for hydroxylation is 1. The first-order valence-electron chi connectivity index (χ1n) is 7.98. The van der Waals surface area contributed by atoms with E-state index in [1.54, 1.807) is 17.4 Å². The smallest absolute Gasteiger partial charge is 0.272 e. The molecule has 7 heteroatoms. The molecule has 0 bridgehead atoms. The van der Waals surface area contributed by atoms with Crippen LogP contribution in [0.3, 0.4) is 0 Å². The van der Waals surface area contributed by atoms with Crippen molar-refractivity contribution in [1.29, 1.82) is 0 Å². The van der Waals surface area contributed by atoms with Crippen molar-refractivity contribution >= 4 is 44.9 Å². The summed E-state index contributed by atoms with van der Waals surface area (Å²) in [5.41, 5.74) is 1.02. The normalized spacial score (nSPS) is 14.0. The van der Waals surface area contributed by atoms with E-state index in [0.717, 1.165) is 39.6 Å². The summed E-state index contributed by atoms with van der Waals surface area (Å²) < 4.78 is 14.0. The number of hydrogen-bond donors (Lipinski definition) is 0. The summed E-state index contributed by atoms with van der Waals surface area (Å²) in [6.45, 7) is 3.15. The lowest BCUT2D eigenvalue weighted by molar-refractivity contribution is -0.113. The summed E-state index contributed by atoms with van der Waals surface area (Å²) in [6.07, 6.45) is 4.26. The van der Waals surface area contributed by atoms with Gasteiger partial charge in [-0.1, -0.05) is 24.3 Å². The minimum absolute atomic E-state index is 0.254. The minimum atomic E-state index is -0.259. The molecular weight excluding hydrogens is 356 g/mol. The predicted octanol–water partition coefficient (Wildman–Crippen LogP) is 4.04. The molecule has 0 N–H and O–H groups in total. The van der Waals surface area contributed by atoms with Crippen LogP contribution in [-0.4, -0.2) is 17.3 Å². The zero-order valence-corrected chi connectivity index (χ0v) is 15.2. The molecule has 0 atom stereocenters. The molecule has 1 aliphatic heterocycles. The van der Waals surface area contributed by atoms with Gasteiger partial charge in [-0.2, -0.15) is 4.99 Å². The van der Waals surface area contributed by atoms with Gasteiger partial charge in [-0.25, -0.2) is 0 Å². The number of rotatable bonds is 4. The van der Waals surface area contributed by atoms with Crippen molar-refractivity contribution < 1.29 is 14.3 Å². The summed E-state index contributed by atoms with van der Waals surface area (Å²) in [5, 5.41) is 1.98. The van der Waals surface area contributed by atoms with Crippen LogP contribution < -0.4 is 14.3 Å². The number of aromatic nitrogens is 1. The van der Waals surface area contributed by atoms with Crippen LogP contribution in [0.4, 0.5) is 0 Å². The zero-order valence-electron chi connectivity index (χ0n) is 13.6. The number of thiazole rings is 1. The minimum Gasteiger partial charge on any atom is -0.454 e. The molecule has 1 aliphatic rings. The number of ether oxygens (including phenoxy) is 2. The molecule has 0 radical (unpaired) electrons. The van der Waals surface area contributed by atoms with Crippen LogP contribution in [0.1, 0.15) is 18.2 Å². The Balaban J connectivity index is 1.75. The summed E-state index contributed by atoms with van der Waals surface area (Å²) >= 11 is 3.08. The second kappa shape index (κ2) is 6.85. The Kier molecular flexibility index (Phi) is 4.42. The summed E-state index contributed by atoms with van der Waals surface area (Å²) in [7, 11) is 0. The third kappa shape index (κ3) is 3.25. The van der Waals surface area contributed by atoms with Crippen molar-refractivity contribution in [3.63, 3.8) is 0 Å². The Morgan fingerprint density at radius 1 is 1.36 bits per heavy atom. The highest BCUT2D eigenvalue weighted by molar-refractivity contribution is 7.16. The Morgan fingerprint density at radius 3 is 2.96 bits per heavy atom. The molecule has 0 spiro atoms. The van der Waals surface area contributed by atoms with E-state index in [9.17, 15) is 4.79 Å². The van der Waals surface area contributed by atoms with Gasteiger partial charge >= 0.3 is 0 Å². The van der Waals surface area contributed by atoms with E-state index >= 15 is 0 Å². The van der Waals surface area contributed by atoms with Crippen LogP contribution in [0.15, 0.2) is 40.7 Å². The van der Waals surface area contributed by atoms with Gasteiger partial charge in [-0.3, -0.25) is 4.79 Å². The largest absolute Gasteiger partial charge is 0.454 e. The van der Waals surface area contributed by atoms with Crippen molar-refractivity contribution in [3.05, 3.63) is 45.4 Å². The number of hydrogen-bond acceptors (Lipinski definition) is 5. The zero-order chi connectivity index (χ0) is 17.2. The van der Waals surface area contributed by atoms with Crippen molar-refractivity contribution in [2.45, 2.75) is 19.9 Å². The number of benzene rings is 1. The van der Waals surface area contributed by atoms with Crippen molar-refractivity contribution in [1.82, 2.24) is 4.57 Å². The lowest BCUT2D eigenvalue weighted by atomic mass is 10.3. The van der Waals surface area contributed by atoms with Gasteiger partial charge in [0.2, 0.25) is 6.79 Å². The number of carbonyl (C=O) groups is 1. The Morgan fingerprint density at radius 2 is 2.20 bits per heavy atom. The van der Waals surface area contributed by atoms with Crippen LogP contribution in [0, 0.1) is 0 Å². The molecule has 2 aromatic heterocycles. The molecule has 0 saturated heterocycles. The van der Waals surface area contributed by atoms with Gasteiger partial charge in [0, 0.05) is 29.6 Å². The average molecular weight is 372 g/mol. The molecule has 1 amide bonds. The Bertz CT molecular complexity index is 1010. The predicted molar refractivity (Wildman–Crippen MR) is 100 cm³/mol. The first kappa shape index (κ1) is 16.1. The van der Waals surface area contributed by atoms with E-state index in [0.29, 0.717) is 4.80 Å². The standard InChI is InChI=1S/C18H16N2O3S2/c1-2-7-20-13-9-14-15(23-11-22-14)10-16(13)25-18(20)19-17(21)6-5-12-4-3-8-24-12/h3-6,8-10H,2,7,11H2,1H3/b6-5+,19-18?. The van der Waals surface area contributed by atoms with Gasteiger partial charge in [0.05, 0.1) is 10.2 Å². The van der Waals surface area contributed by atoms with E-state index in [4.69, 9.17) is 9.47 Å². The molecule has 128 valence electrons. The van der Waals surface area contributed by atoms with Gasteiger partial charge in [0.25, 0.3) is 5.91 Å². The molecule has 3 aromatic rings. The van der Waals surface area contributed by atoms with Crippen LogP contribution in [0.2, 0.25) is 0 Å². The molecule has 1 aromatic carbocycles. The molecule has 4 rings (SSSR count). The Labute approximate surface area is 152 Å². The lowest BCUT2D eigenvalue weighted by Crippen LogP contribution is -2.16. The van der Waals surface area contributed by atoms with Gasteiger partial charge in [0.1, 0.15) is 0 Å². The quantitative estimate of drug-likeness (QED) is 0.650. The molecule has 25 heavy (non-hydrogen) atoms. The number of carbonyl (C=O) groups excluding carboxylic acids is 1. The fourth-order valence-electron chi connectivity index (χ4n) is 2.66. The van der Waals surface area contributed by atoms with Gasteiger partial charge in [0.15, 0.2) is 16.3 Å². The van der Waals surface area contributed by atoms with E-state index < -0.39 is 0 Å². The van der Waals surface area contributed by atoms with Crippen LogP contribution in [0.5, 0.6) is 11.5 Å². The summed E-state index contributed by atoms with van der Waals surface area (Å²) in [4.78, 5) is 18.3. The number of nitrogens with zero attached hydrogens (tertiary/aromatic N) is 2. The summed E-state index contributed by atoms with van der Waals surface area (Å²) in [5.74, 6) is 1.23. The first-order chi connectivity index (χ1) is 12.2. The number of fused-ring (bicyclic) bond motifs is 2. The first-order valence-corrected chi connectivity index (χ1v) is 9.67. The topological polar surface area (TPSA) is 52.8 Å². The van der Waals surface area contributed by atoms with Gasteiger partial charge in [-0.15, -0.1) is 11.3 Å². The van der Waals surface area contributed by atoms with Crippen molar-refractivity contribution in [3.8, 4) is 11.5 Å². The van der Waals surface area contributed by atoms with Crippen molar-refractivity contribution in [2.75, 3.05) is 6.79 Å². The third-order valence-corrected chi connectivity index (χ3v) is 5.64. The van der Waals surface area contributed by atoms with Crippen molar-refractivity contribution in [2.24, 2.45) is 4.99 Å². The van der Waals surface area contributed by atoms with Gasteiger partial charge in [-0.05, 0) is 23.9 Å². The molecule has 3 heterocycles. The second-order valence-electron chi connectivity index (χ2n) is 5.51. The molecule has 0 unspecified atom stereocenters. The maximum absolute atomic E-state index is 12.2. The lowest BCUT2D eigenvalue weighted by Gasteiger charge is -2.03. The molecule has 0 fully saturated rings. The SMILES string of the molecule is CCCn1c(=NC(=O)/C=C/c2cccs2)sc2cc3c(cc21)OCO3. The average Bonchev–Trinajstić information content (AvgIpc) is 3.32. The Hall–Kier alpha value is -2.38. The maximum Gasteiger partial charge on any atom is 0.272 e.